The monoisotopic (exact) mass is 194 g/mol. The van der Waals surface area contributed by atoms with Crippen LogP contribution in [0, 0.1) is 0 Å². The average molecular weight is 194 g/mol. The van der Waals surface area contributed by atoms with E-state index in [-0.39, 0.29) is 11.9 Å². The molecule has 78 valence electrons. The summed E-state index contributed by atoms with van der Waals surface area (Å²) >= 11 is 0. The van der Waals surface area contributed by atoms with Crippen molar-refractivity contribution in [1.82, 2.24) is 4.90 Å². The number of allylic oxidation sites excluding steroid dienone is 1. The van der Waals surface area contributed by atoms with Gasteiger partial charge in [-0.1, -0.05) is 12.2 Å². The fourth-order valence-electron chi connectivity index (χ4n) is 2.31. The first-order chi connectivity index (χ1) is 6.79. The van der Waals surface area contributed by atoms with Gasteiger partial charge in [0.1, 0.15) is 0 Å². The number of piperidine rings is 1. The number of likely N-dealkylation sites (tertiary alicyclic amines) is 1. The van der Waals surface area contributed by atoms with Gasteiger partial charge < -0.3 is 10.6 Å². The predicted molar refractivity (Wildman–Crippen MR) is 55.7 cm³/mol. The maximum Gasteiger partial charge on any atom is 0.239 e. The standard InChI is InChI=1S/C11H18N2O/c12-10-7-4-8-13(11(10)14)9-5-2-1-3-6-9/h2,5,9-10H,1,3-4,6-8,12H2/t9?,10-/m0/s1. The molecule has 0 radical (unpaired) electrons. The largest absolute Gasteiger partial charge is 0.335 e. The number of amides is 1. The Labute approximate surface area is 84.9 Å². The lowest BCUT2D eigenvalue weighted by Gasteiger charge is -2.36. The van der Waals surface area contributed by atoms with E-state index in [2.05, 4.69) is 12.2 Å². The van der Waals surface area contributed by atoms with Gasteiger partial charge in [-0.05, 0) is 32.1 Å². The fraction of sp³-hybridized carbons (Fsp3) is 0.727. The molecular weight excluding hydrogens is 176 g/mol. The Morgan fingerprint density at radius 1 is 1.36 bits per heavy atom. The molecule has 3 heteroatoms. The average Bonchev–Trinajstić information content (AvgIpc) is 2.23. The molecule has 1 fully saturated rings. The molecule has 1 saturated heterocycles. The molecule has 0 aromatic heterocycles. The van der Waals surface area contributed by atoms with Gasteiger partial charge in [-0.2, -0.15) is 0 Å². The number of nitrogens with two attached hydrogens (primary N) is 1. The first-order valence-corrected chi connectivity index (χ1v) is 5.52. The maximum absolute atomic E-state index is 11.8. The molecule has 1 aliphatic carbocycles. The first kappa shape index (κ1) is 9.71. The first-order valence-electron chi connectivity index (χ1n) is 5.52. The van der Waals surface area contributed by atoms with Crippen LogP contribution < -0.4 is 5.73 Å². The van der Waals surface area contributed by atoms with Gasteiger partial charge in [-0.3, -0.25) is 4.79 Å². The van der Waals surface area contributed by atoms with Crippen LogP contribution in [-0.4, -0.2) is 29.4 Å². The van der Waals surface area contributed by atoms with Crippen molar-refractivity contribution in [1.29, 1.82) is 0 Å². The van der Waals surface area contributed by atoms with Gasteiger partial charge in [-0.25, -0.2) is 0 Å². The van der Waals surface area contributed by atoms with Crippen LogP contribution >= 0.6 is 0 Å². The summed E-state index contributed by atoms with van der Waals surface area (Å²) in [4.78, 5) is 13.8. The highest BCUT2D eigenvalue weighted by atomic mass is 16.2. The molecule has 2 aliphatic rings. The van der Waals surface area contributed by atoms with Crippen LogP contribution in [0.4, 0.5) is 0 Å². The predicted octanol–water partition coefficient (Wildman–Crippen LogP) is 1.04. The van der Waals surface area contributed by atoms with Crippen LogP contribution in [0.25, 0.3) is 0 Å². The van der Waals surface area contributed by atoms with Crippen LogP contribution in [0.15, 0.2) is 12.2 Å². The van der Waals surface area contributed by atoms with Gasteiger partial charge in [0.05, 0.1) is 12.1 Å². The molecular formula is C11H18N2O. The second-order valence-electron chi connectivity index (χ2n) is 4.21. The molecule has 2 atom stereocenters. The molecule has 1 aliphatic heterocycles. The van der Waals surface area contributed by atoms with E-state index in [0.29, 0.717) is 6.04 Å². The minimum absolute atomic E-state index is 0.146. The van der Waals surface area contributed by atoms with E-state index in [1.165, 1.54) is 6.42 Å². The van der Waals surface area contributed by atoms with E-state index in [0.717, 1.165) is 32.2 Å². The molecule has 2 rings (SSSR count). The highest BCUT2D eigenvalue weighted by molar-refractivity contribution is 5.82. The molecule has 0 saturated carbocycles. The topological polar surface area (TPSA) is 46.3 Å². The van der Waals surface area contributed by atoms with Crippen molar-refractivity contribution in [2.24, 2.45) is 5.73 Å². The lowest BCUT2D eigenvalue weighted by Crippen LogP contribution is -2.52. The van der Waals surface area contributed by atoms with Gasteiger partial charge in [0.2, 0.25) is 5.91 Å². The van der Waals surface area contributed by atoms with Crippen molar-refractivity contribution in [3.63, 3.8) is 0 Å². The Bertz CT molecular complexity index is 250. The van der Waals surface area contributed by atoms with Crippen LogP contribution in [-0.2, 0) is 4.79 Å². The molecule has 3 nitrogen and oxygen atoms in total. The summed E-state index contributed by atoms with van der Waals surface area (Å²) in [5.41, 5.74) is 5.76. The summed E-state index contributed by atoms with van der Waals surface area (Å²) in [6.45, 7) is 0.890. The van der Waals surface area contributed by atoms with E-state index < -0.39 is 0 Å². The second kappa shape index (κ2) is 4.13. The quantitative estimate of drug-likeness (QED) is 0.634. The third-order valence-electron chi connectivity index (χ3n) is 3.14. The summed E-state index contributed by atoms with van der Waals surface area (Å²) in [6.07, 6.45) is 9.71. The number of rotatable bonds is 1. The van der Waals surface area contributed by atoms with Crippen LogP contribution in [0.5, 0.6) is 0 Å². The van der Waals surface area contributed by atoms with Gasteiger partial charge in [0, 0.05) is 6.54 Å². The Balaban J connectivity index is 2.04. The Kier molecular flexibility index (Phi) is 2.87. The van der Waals surface area contributed by atoms with Crippen LogP contribution in [0.1, 0.15) is 32.1 Å². The highest BCUT2D eigenvalue weighted by Gasteiger charge is 2.30. The molecule has 1 unspecified atom stereocenters. The zero-order chi connectivity index (χ0) is 9.97. The fourth-order valence-corrected chi connectivity index (χ4v) is 2.31. The highest BCUT2D eigenvalue weighted by Crippen LogP contribution is 2.21. The number of hydrogen-bond acceptors (Lipinski definition) is 2. The number of carbonyl (C=O) groups excluding carboxylic acids is 1. The Hall–Kier alpha value is -0.830. The molecule has 0 aromatic rings. The van der Waals surface area contributed by atoms with Crippen molar-refractivity contribution in [3.05, 3.63) is 12.2 Å². The van der Waals surface area contributed by atoms with Crippen LogP contribution in [0.2, 0.25) is 0 Å². The third-order valence-corrected chi connectivity index (χ3v) is 3.14. The molecule has 0 bridgehead atoms. The van der Waals surface area contributed by atoms with Gasteiger partial charge in [-0.15, -0.1) is 0 Å². The van der Waals surface area contributed by atoms with Gasteiger partial charge >= 0.3 is 0 Å². The summed E-state index contributed by atoms with van der Waals surface area (Å²) in [5, 5.41) is 0. The van der Waals surface area contributed by atoms with E-state index in [4.69, 9.17) is 5.73 Å². The van der Waals surface area contributed by atoms with E-state index in [1.807, 2.05) is 4.90 Å². The van der Waals surface area contributed by atoms with Gasteiger partial charge in [0.25, 0.3) is 0 Å². The molecule has 2 N–H and O–H groups in total. The summed E-state index contributed by atoms with van der Waals surface area (Å²) in [7, 11) is 0. The maximum atomic E-state index is 11.8. The summed E-state index contributed by atoms with van der Waals surface area (Å²) in [5.74, 6) is 0.146. The Morgan fingerprint density at radius 2 is 2.21 bits per heavy atom. The number of hydrogen-bond donors (Lipinski definition) is 1. The zero-order valence-corrected chi connectivity index (χ0v) is 8.48. The summed E-state index contributed by atoms with van der Waals surface area (Å²) < 4.78 is 0. The minimum Gasteiger partial charge on any atom is -0.335 e. The zero-order valence-electron chi connectivity index (χ0n) is 8.48. The molecule has 1 amide bonds. The number of carbonyl (C=O) groups is 1. The molecule has 1 heterocycles. The van der Waals surface area contributed by atoms with Crippen molar-refractivity contribution < 1.29 is 4.79 Å². The summed E-state index contributed by atoms with van der Waals surface area (Å²) in [6, 6.07) is 0.0710. The van der Waals surface area contributed by atoms with Gasteiger partial charge in [0.15, 0.2) is 0 Å². The smallest absolute Gasteiger partial charge is 0.239 e. The minimum atomic E-state index is -0.251. The lowest BCUT2D eigenvalue weighted by molar-refractivity contribution is -0.136. The molecule has 14 heavy (non-hydrogen) atoms. The molecule has 0 spiro atoms. The molecule has 0 aromatic carbocycles. The van der Waals surface area contributed by atoms with Crippen molar-refractivity contribution in [2.75, 3.05) is 6.54 Å². The Morgan fingerprint density at radius 3 is 2.93 bits per heavy atom. The van der Waals surface area contributed by atoms with Crippen LogP contribution in [0.3, 0.4) is 0 Å². The SMILES string of the molecule is N[C@H]1CCCN(C2C=CCCC2)C1=O. The number of nitrogens with zero attached hydrogens (tertiary/aromatic N) is 1. The van der Waals surface area contributed by atoms with E-state index in [9.17, 15) is 4.79 Å². The third kappa shape index (κ3) is 1.82. The second-order valence-corrected chi connectivity index (χ2v) is 4.21. The van der Waals surface area contributed by atoms with Crippen molar-refractivity contribution in [2.45, 2.75) is 44.2 Å². The van der Waals surface area contributed by atoms with Crippen molar-refractivity contribution in [3.8, 4) is 0 Å². The van der Waals surface area contributed by atoms with Crippen molar-refractivity contribution >= 4 is 5.91 Å². The van der Waals surface area contributed by atoms with E-state index >= 15 is 0 Å². The lowest BCUT2D eigenvalue weighted by atomic mass is 9.97. The van der Waals surface area contributed by atoms with E-state index in [1.54, 1.807) is 0 Å². The normalized spacial score (nSPS) is 33.5.